The number of nitrogens with two attached hydrogens (primary N) is 1. The number of carbonyl (C=O) groups excluding carboxylic acids is 2. The number of esters is 1. The van der Waals surface area contributed by atoms with Gasteiger partial charge >= 0.3 is 5.97 Å². The molecule has 1 aromatic rings. The monoisotopic (exact) mass is 294 g/mol. The van der Waals surface area contributed by atoms with E-state index in [-0.39, 0.29) is 11.8 Å². The van der Waals surface area contributed by atoms with E-state index in [1.807, 2.05) is 13.8 Å². The Labute approximate surface area is 124 Å². The number of benzene rings is 1. The van der Waals surface area contributed by atoms with Crippen molar-refractivity contribution in [2.24, 2.45) is 5.92 Å². The van der Waals surface area contributed by atoms with Crippen molar-refractivity contribution in [3.63, 3.8) is 0 Å². The summed E-state index contributed by atoms with van der Waals surface area (Å²) in [6.45, 7) is 3.82. The zero-order valence-electron chi connectivity index (χ0n) is 12.8. The van der Waals surface area contributed by atoms with E-state index in [0.717, 1.165) is 6.42 Å². The maximum atomic E-state index is 12.3. The van der Waals surface area contributed by atoms with Crippen molar-refractivity contribution in [2.75, 3.05) is 20.0 Å². The maximum Gasteiger partial charge on any atom is 0.328 e. The Morgan fingerprint density at radius 2 is 2.00 bits per heavy atom. The molecule has 1 unspecified atom stereocenters. The highest BCUT2D eigenvalue weighted by Gasteiger charge is 2.27. The molecule has 0 fully saturated rings. The fourth-order valence-corrected chi connectivity index (χ4v) is 1.87. The van der Waals surface area contributed by atoms with E-state index in [9.17, 15) is 9.59 Å². The predicted octanol–water partition coefficient (Wildman–Crippen LogP) is 1.59. The molecule has 0 aromatic heterocycles. The van der Waals surface area contributed by atoms with Crippen molar-refractivity contribution >= 4 is 17.6 Å². The first-order chi connectivity index (χ1) is 9.94. The Kier molecular flexibility index (Phi) is 6.02. The summed E-state index contributed by atoms with van der Waals surface area (Å²) in [6, 6.07) is 4.02. The number of ether oxygens (including phenoxy) is 2. The Morgan fingerprint density at radius 1 is 1.33 bits per heavy atom. The molecule has 0 aliphatic heterocycles. The number of anilines is 1. The summed E-state index contributed by atoms with van der Waals surface area (Å²) in [6.07, 6.45) is 0.741. The second-order valence-electron chi connectivity index (χ2n) is 4.82. The minimum atomic E-state index is -0.684. The lowest BCUT2D eigenvalue weighted by atomic mass is 9.99. The molecule has 116 valence electrons. The number of hydrogen-bond donors (Lipinski definition) is 2. The topological polar surface area (TPSA) is 90.7 Å². The highest BCUT2D eigenvalue weighted by molar-refractivity contribution is 5.97. The molecule has 0 aliphatic rings. The molecule has 0 aliphatic carbocycles. The van der Waals surface area contributed by atoms with Gasteiger partial charge in [0.15, 0.2) is 0 Å². The van der Waals surface area contributed by atoms with Crippen LogP contribution in [0.4, 0.5) is 5.69 Å². The van der Waals surface area contributed by atoms with Crippen LogP contribution in [0, 0.1) is 5.92 Å². The van der Waals surface area contributed by atoms with E-state index in [4.69, 9.17) is 15.2 Å². The molecule has 1 rings (SSSR count). The molecule has 2 atom stereocenters. The molecular formula is C15H22N2O4. The van der Waals surface area contributed by atoms with Gasteiger partial charge < -0.3 is 20.5 Å². The maximum absolute atomic E-state index is 12.3. The second-order valence-corrected chi connectivity index (χ2v) is 4.82. The highest BCUT2D eigenvalue weighted by atomic mass is 16.5. The fraction of sp³-hybridized carbons (Fsp3) is 0.467. The van der Waals surface area contributed by atoms with Gasteiger partial charge in [0, 0.05) is 5.56 Å². The Balaban J connectivity index is 2.94. The molecule has 0 bridgehead atoms. The van der Waals surface area contributed by atoms with Gasteiger partial charge in [-0.1, -0.05) is 20.3 Å². The molecule has 1 amide bonds. The van der Waals surface area contributed by atoms with Crippen molar-refractivity contribution in [3.05, 3.63) is 23.8 Å². The van der Waals surface area contributed by atoms with Crippen LogP contribution >= 0.6 is 0 Å². The van der Waals surface area contributed by atoms with Gasteiger partial charge in [-0.3, -0.25) is 4.79 Å². The number of carbonyl (C=O) groups is 2. The molecule has 3 N–H and O–H groups in total. The molecule has 0 heterocycles. The zero-order chi connectivity index (χ0) is 16.0. The molecule has 0 saturated carbocycles. The molecule has 1 aromatic carbocycles. The predicted molar refractivity (Wildman–Crippen MR) is 80.1 cm³/mol. The first-order valence-corrected chi connectivity index (χ1v) is 6.76. The van der Waals surface area contributed by atoms with Gasteiger partial charge in [0.1, 0.15) is 11.8 Å². The van der Waals surface area contributed by atoms with E-state index in [1.165, 1.54) is 20.3 Å². The molecule has 0 saturated heterocycles. The van der Waals surface area contributed by atoms with Crippen molar-refractivity contribution in [3.8, 4) is 5.75 Å². The van der Waals surface area contributed by atoms with Crippen molar-refractivity contribution < 1.29 is 19.1 Å². The average Bonchev–Trinajstić information content (AvgIpc) is 2.51. The van der Waals surface area contributed by atoms with Crippen molar-refractivity contribution in [2.45, 2.75) is 26.3 Å². The number of nitrogens with one attached hydrogen (secondary N) is 1. The van der Waals surface area contributed by atoms with Crippen molar-refractivity contribution in [1.29, 1.82) is 0 Å². The summed E-state index contributed by atoms with van der Waals surface area (Å²) in [4.78, 5) is 24.0. The van der Waals surface area contributed by atoms with E-state index >= 15 is 0 Å². The zero-order valence-corrected chi connectivity index (χ0v) is 12.8. The quantitative estimate of drug-likeness (QED) is 0.614. The molecule has 21 heavy (non-hydrogen) atoms. The number of rotatable bonds is 6. The van der Waals surface area contributed by atoms with Crippen LogP contribution in [-0.4, -0.2) is 32.1 Å². The SMILES string of the molecule is CCC(C)[C@H](NC(=O)c1ccc(N)c(OC)c1)C(=O)OC. The average molecular weight is 294 g/mol. The second kappa shape index (κ2) is 7.52. The highest BCUT2D eigenvalue weighted by Crippen LogP contribution is 2.22. The lowest BCUT2D eigenvalue weighted by Gasteiger charge is -2.22. The number of hydrogen-bond acceptors (Lipinski definition) is 5. The lowest BCUT2D eigenvalue weighted by Crippen LogP contribution is -2.45. The molecular weight excluding hydrogens is 272 g/mol. The summed E-state index contributed by atoms with van der Waals surface area (Å²) in [7, 11) is 2.78. The summed E-state index contributed by atoms with van der Waals surface area (Å²) < 4.78 is 9.82. The third-order valence-electron chi connectivity index (χ3n) is 3.45. The third-order valence-corrected chi connectivity index (χ3v) is 3.45. The first kappa shape index (κ1) is 16.8. The van der Waals surface area contributed by atoms with E-state index in [0.29, 0.717) is 17.0 Å². The normalized spacial score (nSPS) is 13.1. The fourth-order valence-electron chi connectivity index (χ4n) is 1.87. The lowest BCUT2D eigenvalue weighted by molar-refractivity contribution is -0.144. The van der Waals surface area contributed by atoms with Gasteiger partial charge in [-0.25, -0.2) is 4.79 Å². The smallest absolute Gasteiger partial charge is 0.328 e. The summed E-state index contributed by atoms with van der Waals surface area (Å²) in [5, 5.41) is 2.70. The standard InChI is InChI=1S/C15H22N2O4/c1-5-9(2)13(15(19)21-4)17-14(18)10-6-7-11(16)12(8-10)20-3/h6-9,13H,5,16H2,1-4H3,(H,17,18)/t9?,13-/m0/s1. The van der Waals surface area contributed by atoms with Crippen LogP contribution in [0.5, 0.6) is 5.75 Å². The van der Waals surface area contributed by atoms with Gasteiger partial charge in [0.25, 0.3) is 5.91 Å². The van der Waals surface area contributed by atoms with Crippen molar-refractivity contribution in [1.82, 2.24) is 5.32 Å². The molecule has 6 heteroatoms. The molecule has 0 spiro atoms. The van der Waals surface area contributed by atoms with Gasteiger partial charge in [-0.15, -0.1) is 0 Å². The van der Waals surface area contributed by atoms with Crippen LogP contribution in [0.1, 0.15) is 30.6 Å². The van der Waals surface area contributed by atoms with Gasteiger partial charge in [-0.05, 0) is 24.1 Å². The number of methoxy groups -OCH3 is 2. The first-order valence-electron chi connectivity index (χ1n) is 6.76. The Bertz CT molecular complexity index is 516. The summed E-state index contributed by atoms with van der Waals surface area (Å²) in [5.74, 6) is -0.443. The van der Waals surface area contributed by atoms with Crippen LogP contribution in [0.15, 0.2) is 18.2 Å². The summed E-state index contributed by atoms with van der Waals surface area (Å²) >= 11 is 0. The summed E-state index contributed by atoms with van der Waals surface area (Å²) in [5.41, 5.74) is 6.53. The van der Waals surface area contributed by atoms with Crippen LogP contribution < -0.4 is 15.8 Å². The third kappa shape index (κ3) is 4.11. The van der Waals surface area contributed by atoms with Gasteiger partial charge in [0.05, 0.1) is 19.9 Å². The molecule has 6 nitrogen and oxygen atoms in total. The van der Waals surface area contributed by atoms with Gasteiger partial charge in [-0.2, -0.15) is 0 Å². The van der Waals surface area contributed by atoms with E-state index < -0.39 is 12.0 Å². The van der Waals surface area contributed by atoms with Crippen LogP contribution in [-0.2, 0) is 9.53 Å². The minimum absolute atomic E-state index is 0.0305. The number of amides is 1. The van der Waals surface area contributed by atoms with Crippen LogP contribution in [0.2, 0.25) is 0 Å². The van der Waals surface area contributed by atoms with E-state index in [2.05, 4.69) is 5.32 Å². The molecule has 0 radical (unpaired) electrons. The van der Waals surface area contributed by atoms with Crippen LogP contribution in [0.25, 0.3) is 0 Å². The largest absolute Gasteiger partial charge is 0.495 e. The Hall–Kier alpha value is -2.24. The van der Waals surface area contributed by atoms with E-state index in [1.54, 1.807) is 12.1 Å². The Morgan fingerprint density at radius 3 is 2.52 bits per heavy atom. The van der Waals surface area contributed by atoms with Crippen LogP contribution in [0.3, 0.4) is 0 Å². The van der Waals surface area contributed by atoms with Gasteiger partial charge in [0.2, 0.25) is 0 Å². The number of nitrogen functional groups attached to an aromatic ring is 1. The minimum Gasteiger partial charge on any atom is -0.495 e.